The molecule has 1 aromatic rings. The minimum Gasteiger partial charge on any atom is -0.334 e. The van der Waals surface area contributed by atoms with Gasteiger partial charge in [-0.15, -0.1) is 0 Å². The number of amides is 1. The van der Waals surface area contributed by atoms with Crippen molar-refractivity contribution in [2.45, 2.75) is 44.1 Å². The zero-order chi connectivity index (χ0) is 16.0. The molecular formula is C18H23ClFN2O+. The first kappa shape index (κ1) is 15.4. The zero-order valence-corrected chi connectivity index (χ0v) is 13.9. The first-order chi connectivity index (χ1) is 11.0. The molecule has 4 saturated carbocycles. The van der Waals surface area contributed by atoms with Gasteiger partial charge in [0.15, 0.2) is 6.54 Å². The van der Waals surface area contributed by atoms with Crippen LogP contribution in [-0.2, 0) is 4.79 Å². The van der Waals surface area contributed by atoms with Crippen molar-refractivity contribution >= 4 is 23.2 Å². The van der Waals surface area contributed by atoms with Crippen LogP contribution in [0.2, 0.25) is 5.02 Å². The van der Waals surface area contributed by atoms with E-state index in [1.54, 1.807) is 0 Å². The van der Waals surface area contributed by atoms with Crippen LogP contribution in [0.5, 0.6) is 0 Å². The van der Waals surface area contributed by atoms with E-state index >= 15 is 0 Å². The monoisotopic (exact) mass is 337 g/mol. The van der Waals surface area contributed by atoms with Crippen molar-refractivity contribution in [3.63, 3.8) is 0 Å². The smallest absolute Gasteiger partial charge is 0.279 e. The maximum absolute atomic E-state index is 13.1. The number of quaternary nitrogens is 1. The van der Waals surface area contributed by atoms with Crippen LogP contribution in [0.25, 0.3) is 0 Å². The highest BCUT2D eigenvalue weighted by atomic mass is 35.5. The summed E-state index contributed by atoms with van der Waals surface area (Å²) >= 11 is 5.97. The third-order valence-corrected chi connectivity index (χ3v) is 6.32. The van der Waals surface area contributed by atoms with Gasteiger partial charge in [-0.3, -0.25) is 4.79 Å². The standard InChI is InChI=1S/C18H22ClFN2O/c19-15-6-14(20)1-2-16(15)22-17(23)10-21-18-7-11-3-12(8-18)5-13(4-11)9-18/h1-2,6,11-13,21H,3-5,7-10H2,(H,22,23)/p+1. The van der Waals surface area contributed by atoms with Crippen molar-refractivity contribution in [2.24, 2.45) is 17.8 Å². The Morgan fingerprint density at radius 2 is 1.83 bits per heavy atom. The number of anilines is 1. The molecule has 4 fully saturated rings. The van der Waals surface area contributed by atoms with Crippen molar-refractivity contribution in [2.75, 3.05) is 11.9 Å². The number of halogens is 2. The Labute approximate surface area is 141 Å². The van der Waals surface area contributed by atoms with Gasteiger partial charge in [0.05, 0.1) is 16.2 Å². The number of hydrogen-bond donors (Lipinski definition) is 2. The van der Waals surface area contributed by atoms with Crippen LogP contribution < -0.4 is 10.6 Å². The van der Waals surface area contributed by atoms with E-state index in [4.69, 9.17) is 11.6 Å². The molecule has 1 amide bonds. The molecule has 0 radical (unpaired) electrons. The number of carbonyl (C=O) groups excluding carboxylic acids is 1. The minimum absolute atomic E-state index is 0.0609. The lowest BCUT2D eigenvalue weighted by Crippen LogP contribution is -3.00. The number of hydrogen-bond acceptors (Lipinski definition) is 1. The average Bonchev–Trinajstić information content (AvgIpc) is 2.47. The Balaban J connectivity index is 1.36. The van der Waals surface area contributed by atoms with Crippen molar-refractivity contribution in [3.05, 3.63) is 29.0 Å². The molecule has 4 bridgehead atoms. The summed E-state index contributed by atoms with van der Waals surface area (Å²) in [5.74, 6) is 2.19. The van der Waals surface area contributed by atoms with Crippen LogP contribution in [0.4, 0.5) is 10.1 Å². The van der Waals surface area contributed by atoms with Crippen LogP contribution in [-0.4, -0.2) is 18.0 Å². The average molecular weight is 338 g/mol. The van der Waals surface area contributed by atoms with Crippen LogP contribution in [0.1, 0.15) is 38.5 Å². The molecule has 0 aromatic heterocycles. The highest BCUT2D eigenvalue weighted by Gasteiger charge is 2.53. The van der Waals surface area contributed by atoms with Crippen molar-refractivity contribution in [1.29, 1.82) is 0 Å². The molecule has 23 heavy (non-hydrogen) atoms. The van der Waals surface area contributed by atoms with E-state index in [1.807, 2.05) is 0 Å². The molecule has 4 aliphatic rings. The van der Waals surface area contributed by atoms with E-state index in [9.17, 15) is 9.18 Å². The fourth-order valence-corrected chi connectivity index (χ4v) is 5.74. The highest BCUT2D eigenvalue weighted by Crippen LogP contribution is 2.54. The first-order valence-electron chi connectivity index (χ1n) is 8.61. The molecule has 1 aromatic carbocycles. The Morgan fingerprint density at radius 3 is 2.39 bits per heavy atom. The van der Waals surface area contributed by atoms with E-state index in [0.29, 0.717) is 17.8 Å². The Bertz CT molecular complexity index is 598. The Kier molecular flexibility index (Phi) is 3.85. The third-order valence-electron chi connectivity index (χ3n) is 6.01. The Morgan fingerprint density at radius 1 is 1.22 bits per heavy atom. The molecule has 5 heteroatoms. The van der Waals surface area contributed by atoms with Crippen LogP contribution in [0, 0.1) is 23.6 Å². The van der Waals surface area contributed by atoms with E-state index in [0.717, 1.165) is 17.8 Å². The largest absolute Gasteiger partial charge is 0.334 e. The number of rotatable bonds is 4. The topological polar surface area (TPSA) is 45.7 Å². The summed E-state index contributed by atoms with van der Waals surface area (Å²) < 4.78 is 13.1. The molecule has 124 valence electrons. The summed E-state index contributed by atoms with van der Waals surface area (Å²) in [6, 6.07) is 4.05. The fraction of sp³-hybridized carbons (Fsp3) is 0.611. The summed E-state index contributed by atoms with van der Waals surface area (Å²) in [4.78, 5) is 12.2. The molecular weight excluding hydrogens is 315 g/mol. The summed E-state index contributed by atoms with van der Waals surface area (Å²) in [7, 11) is 0. The van der Waals surface area contributed by atoms with Crippen molar-refractivity contribution < 1.29 is 14.5 Å². The maximum Gasteiger partial charge on any atom is 0.279 e. The fourth-order valence-electron chi connectivity index (χ4n) is 5.53. The third kappa shape index (κ3) is 3.11. The van der Waals surface area contributed by atoms with Crippen molar-refractivity contribution in [1.82, 2.24) is 0 Å². The van der Waals surface area contributed by atoms with Gasteiger partial charge in [0.2, 0.25) is 0 Å². The SMILES string of the molecule is O=C(C[NH2+]C12CC3CC(CC(C3)C1)C2)Nc1ccc(F)cc1Cl. The molecule has 5 rings (SSSR count). The molecule has 3 N–H and O–H groups in total. The predicted molar refractivity (Wildman–Crippen MR) is 87.7 cm³/mol. The van der Waals surface area contributed by atoms with Gasteiger partial charge < -0.3 is 10.6 Å². The summed E-state index contributed by atoms with van der Waals surface area (Å²) in [5, 5.41) is 5.31. The Hall–Kier alpha value is -1.13. The summed E-state index contributed by atoms with van der Waals surface area (Å²) in [5.41, 5.74) is 0.774. The molecule has 0 aliphatic heterocycles. The van der Waals surface area contributed by atoms with Gasteiger partial charge in [0.1, 0.15) is 5.82 Å². The summed E-state index contributed by atoms with van der Waals surface area (Å²) in [6.45, 7) is 0.417. The number of benzene rings is 1. The van der Waals surface area contributed by atoms with Crippen molar-refractivity contribution in [3.8, 4) is 0 Å². The molecule has 0 heterocycles. The van der Waals surface area contributed by atoms with Gasteiger partial charge in [0, 0.05) is 19.3 Å². The number of nitrogens with one attached hydrogen (secondary N) is 1. The van der Waals surface area contributed by atoms with Crippen LogP contribution >= 0.6 is 11.6 Å². The lowest BCUT2D eigenvalue weighted by atomic mass is 9.53. The molecule has 0 atom stereocenters. The van der Waals surface area contributed by atoms with Gasteiger partial charge in [-0.25, -0.2) is 4.39 Å². The van der Waals surface area contributed by atoms with Gasteiger partial charge in [-0.1, -0.05) is 11.6 Å². The zero-order valence-electron chi connectivity index (χ0n) is 13.2. The van der Waals surface area contributed by atoms with E-state index < -0.39 is 5.82 Å². The second kappa shape index (κ2) is 5.75. The molecule has 0 saturated heterocycles. The van der Waals surface area contributed by atoms with Gasteiger partial charge in [-0.2, -0.15) is 0 Å². The van der Waals surface area contributed by atoms with Gasteiger partial charge >= 0.3 is 0 Å². The van der Waals surface area contributed by atoms with Gasteiger partial charge in [-0.05, 0) is 55.2 Å². The highest BCUT2D eigenvalue weighted by molar-refractivity contribution is 6.33. The number of carbonyl (C=O) groups is 1. The quantitative estimate of drug-likeness (QED) is 0.871. The lowest BCUT2D eigenvalue weighted by molar-refractivity contribution is -0.729. The normalized spacial score (nSPS) is 34.6. The first-order valence-corrected chi connectivity index (χ1v) is 8.98. The second-order valence-corrected chi connectivity index (χ2v) is 8.27. The number of nitrogens with two attached hydrogens (primary N) is 1. The maximum atomic E-state index is 13.1. The van der Waals surface area contributed by atoms with E-state index in [1.165, 1.54) is 56.7 Å². The minimum atomic E-state index is -0.395. The van der Waals surface area contributed by atoms with Gasteiger partial charge in [0.25, 0.3) is 5.91 Å². The molecule has 0 unspecified atom stereocenters. The molecule has 3 nitrogen and oxygen atoms in total. The second-order valence-electron chi connectivity index (χ2n) is 7.86. The van der Waals surface area contributed by atoms with Crippen LogP contribution in [0.3, 0.4) is 0 Å². The molecule has 0 spiro atoms. The molecule has 4 aliphatic carbocycles. The lowest BCUT2D eigenvalue weighted by Gasteiger charge is -2.54. The van der Waals surface area contributed by atoms with E-state index in [2.05, 4.69) is 10.6 Å². The summed E-state index contributed by atoms with van der Waals surface area (Å²) in [6.07, 6.45) is 8.02. The predicted octanol–water partition coefficient (Wildman–Crippen LogP) is 2.95. The van der Waals surface area contributed by atoms with E-state index in [-0.39, 0.29) is 10.9 Å². The van der Waals surface area contributed by atoms with Crippen LogP contribution in [0.15, 0.2) is 18.2 Å².